The van der Waals surface area contributed by atoms with Crippen LogP contribution in [0.5, 0.6) is 0 Å². The van der Waals surface area contributed by atoms with Gasteiger partial charge in [-0.25, -0.2) is 13.4 Å². The van der Waals surface area contributed by atoms with Gasteiger partial charge in [0, 0.05) is 32.0 Å². The topological polar surface area (TPSA) is 84.3 Å². The Labute approximate surface area is 160 Å². The number of hydrogen-bond acceptors (Lipinski definition) is 4. The van der Waals surface area contributed by atoms with E-state index in [1.807, 2.05) is 24.3 Å². The molecule has 1 aromatic heterocycles. The molecule has 3 rings (SSSR count). The summed E-state index contributed by atoms with van der Waals surface area (Å²) in [7, 11) is -1.95. The predicted octanol–water partition coefficient (Wildman–Crippen LogP) is 2.58. The third-order valence-corrected chi connectivity index (χ3v) is 6.64. The second kappa shape index (κ2) is 7.82. The number of nitrogens with zero attached hydrogens (tertiary/aromatic N) is 3. The summed E-state index contributed by atoms with van der Waals surface area (Å²) in [5.41, 5.74) is 1.94. The van der Waals surface area contributed by atoms with E-state index in [0.29, 0.717) is 25.3 Å². The zero-order chi connectivity index (χ0) is 19.6. The quantitative estimate of drug-likeness (QED) is 0.850. The lowest BCUT2D eigenvalue weighted by Gasteiger charge is -2.30. The molecule has 1 atom stereocenters. The number of nitrogens with one attached hydrogen (secondary N) is 1. The van der Waals surface area contributed by atoms with Crippen molar-refractivity contribution in [3.8, 4) is 0 Å². The largest absolute Gasteiger partial charge is 0.339 e. The second-order valence-corrected chi connectivity index (χ2v) is 9.23. The molecule has 7 nitrogen and oxygen atoms in total. The molecule has 1 aliphatic heterocycles. The molecule has 0 radical (unpaired) electrons. The number of benzene rings is 1. The maximum atomic E-state index is 12.7. The van der Waals surface area contributed by atoms with E-state index >= 15 is 0 Å². The van der Waals surface area contributed by atoms with Crippen LogP contribution in [0.3, 0.4) is 0 Å². The maximum absolute atomic E-state index is 12.7. The Balaban J connectivity index is 1.67. The summed E-state index contributed by atoms with van der Waals surface area (Å²) in [4.78, 5) is 16.6. The molecule has 1 N–H and O–H groups in total. The Kier molecular flexibility index (Phi) is 5.67. The van der Waals surface area contributed by atoms with Gasteiger partial charge in [0.1, 0.15) is 0 Å². The molecular weight excluding hydrogens is 364 g/mol. The molecule has 1 aromatic carbocycles. The van der Waals surface area contributed by atoms with E-state index < -0.39 is 10.0 Å². The number of hydrogen-bond donors (Lipinski definition) is 1. The Hall–Kier alpha value is -2.19. The molecule has 0 saturated carbocycles. The summed E-state index contributed by atoms with van der Waals surface area (Å²) in [5, 5.41) is 2.94. The third kappa shape index (κ3) is 4.39. The fraction of sp³-hybridized carbons (Fsp3) is 0.474. The Bertz CT molecular complexity index is 903. The zero-order valence-corrected chi connectivity index (χ0v) is 16.7. The molecule has 2 heterocycles. The number of aryl methyl sites for hydroxylation is 1. The van der Waals surface area contributed by atoms with Crippen molar-refractivity contribution >= 4 is 21.6 Å². The molecule has 1 saturated heterocycles. The monoisotopic (exact) mass is 390 g/mol. The lowest BCUT2D eigenvalue weighted by Crippen LogP contribution is -2.43. The summed E-state index contributed by atoms with van der Waals surface area (Å²) >= 11 is 0. The van der Waals surface area contributed by atoms with E-state index in [4.69, 9.17) is 0 Å². The number of imidazole rings is 1. The Morgan fingerprint density at radius 2 is 1.96 bits per heavy atom. The summed E-state index contributed by atoms with van der Waals surface area (Å²) in [5.74, 6) is -0.0892. The van der Waals surface area contributed by atoms with E-state index in [1.54, 1.807) is 11.6 Å². The van der Waals surface area contributed by atoms with Crippen molar-refractivity contribution in [3.63, 3.8) is 0 Å². The van der Waals surface area contributed by atoms with Crippen molar-refractivity contribution in [2.75, 3.05) is 18.4 Å². The van der Waals surface area contributed by atoms with E-state index in [9.17, 15) is 13.2 Å². The van der Waals surface area contributed by atoms with Crippen LogP contribution < -0.4 is 5.32 Å². The van der Waals surface area contributed by atoms with Gasteiger partial charge in [-0.05, 0) is 36.5 Å². The number of amides is 1. The Morgan fingerprint density at radius 1 is 1.26 bits per heavy atom. The first-order valence-corrected chi connectivity index (χ1v) is 10.6. The average molecular weight is 391 g/mol. The van der Waals surface area contributed by atoms with Gasteiger partial charge >= 0.3 is 0 Å². The van der Waals surface area contributed by atoms with Gasteiger partial charge in [-0.15, -0.1) is 0 Å². The number of carbonyl (C=O) groups is 1. The second-order valence-electron chi connectivity index (χ2n) is 7.35. The molecule has 0 bridgehead atoms. The van der Waals surface area contributed by atoms with Crippen LogP contribution in [-0.2, 0) is 21.9 Å². The van der Waals surface area contributed by atoms with Gasteiger partial charge in [0.2, 0.25) is 5.91 Å². The van der Waals surface area contributed by atoms with E-state index in [0.717, 1.165) is 5.69 Å². The van der Waals surface area contributed by atoms with Crippen molar-refractivity contribution in [1.82, 2.24) is 13.9 Å². The van der Waals surface area contributed by atoms with Crippen molar-refractivity contribution in [2.24, 2.45) is 13.0 Å². The van der Waals surface area contributed by atoms with E-state index in [2.05, 4.69) is 24.1 Å². The maximum Gasteiger partial charge on any atom is 0.262 e. The number of piperidine rings is 1. The average Bonchev–Trinajstić information content (AvgIpc) is 3.09. The van der Waals surface area contributed by atoms with E-state index in [1.165, 1.54) is 22.4 Å². The highest BCUT2D eigenvalue weighted by Gasteiger charge is 2.34. The van der Waals surface area contributed by atoms with Crippen LogP contribution in [0.4, 0.5) is 5.69 Å². The van der Waals surface area contributed by atoms with Gasteiger partial charge in [-0.2, -0.15) is 4.31 Å². The molecule has 146 valence electrons. The number of anilines is 1. The fourth-order valence-electron chi connectivity index (χ4n) is 3.22. The number of rotatable bonds is 5. The summed E-state index contributed by atoms with van der Waals surface area (Å²) in [6, 6.07) is 7.77. The van der Waals surface area contributed by atoms with Crippen LogP contribution in [0.2, 0.25) is 0 Å². The molecule has 0 spiro atoms. The first-order valence-electron chi connectivity index (χ1n) is 9.16. The summed E-state index contributed by atoms with van der Waals surface area (Å²) < 4.78 is 28.5. The van der Waals surface area contributed by atoms with Crippen LogP contribution in [-0.4, -0.2) is 41.3 Å². The first kappa shape index (κ1) is 19.6. The molecule has 1 unspecified atom stereocenters. The van der Waals surface area contributed by atoms with Gasteiger partial charge in [0.15, 0.2) is 5.03 Å². The highest BCUT2D eigenvalue weighted by atomic mass is 32.2. The first-order chi connectivity index (χ1) is 12.8. The van der Waals surface area contributed by atoms with Crippen LogP contribution in [0, 0.1) is 5.92 Å². The highest BCUT2D eigenvalue weighted by Crippen LogP contribution is 2.24. The molecule has 1 amide bonds. The SMILES string of the molecule is CC(C)c1ccc(NC(=O)C2CCCN(S(=O)(=O)c3cn(C)cn3)C2)cc1. The number of aromatic nitrogens is 2. The third-order valence-electron chi connectivity index (χ3n) is 4.89. The lowest BCUT2D eigenvalue weighted by atomic mass is 9.98. The summed E-state index contributed by atoms with van der Waals surface area (Å²) in [6.07, 6.45) is 4.26. The molecule has 2 aromatic rings. The number of carbonyl (C=O) groups excluding carboxylic acids is 1. The summed E-state index contributed by atoms with van der Waals surface area (Å²) in [6.45, 7) is 4.82. The van der Waals surface area contributed by atoms with Crippen LogP contribution >= 0.6 is 0 Å². The van der Waals surface area contributed by atoms with E-state index in [-0.39, 0.29) is 23.4 Å². The smallest absolute Gasteiger partial charge is 0.262 e. The van der Waals surface area contributed by atoms with Gasteiger partial charge in [0.05, 0.1) is 12.2 Å². The van der Waals surface area contributed by atoms with Crippen LogP contribution in [0.1, 0.15) is 38.2 Å². The molecule has 1 aliphatic rings. The van der Waals surface area contributed by atoms with Crippen molar-refractivity contribution in [1.29, 1.82) is 0 Å². The van der Waals surface area contributed by atoms with Crippen LogP contribution in [0.15, 0.2) is 41.8 Å². The van der Waals surface area contributed by atoms with Gasteiger partial charge in [-0.1, -0.05) is 26.0 Å². The highest BCUT2D eigenvalue weighted by molar-refractivity contribution is 7.89. The molecule has 0 aliphatic carbocycles. The standard InChI is InChI=1S/C19H26N4O3S/c1-14(2)15-6-8-17(9-7-15)21-19(24)16-5-4-10-23(11-16)27(25,26)18-12-22(3)13-20-18/h6-9,12-14,16H,4-5,10-11H2,1-3H3,(H,21,24). The minimum absolute atomic E-state index is 0.0235. The van der Waals surface area contributed by atoms with Crippen LogP contribution in [0.25, 0.3) is 0 Å². The molecule has 1 fully saturated rings. The van der Waals surface area contributed by atoms with Crippen molar-refractivity contribution in [2.45, 2.75) is 37.6 Å². The molecule has 8 heteroatoms. The zero-order valence-electron chi connectivity index (χ0n) is 15.9. The Morgan fingerprint density at radius 3 is 2.56 bits per heavy atom. The van der Waals surface area contributed by atoms with Gasteiger partial charge in [0.25, 0.3) is 10.0 Å². The number of sulfonamides is 1. The van der Waals surface area contributed by atoms with Gasteiger partial charge in [-0.3, -0.25) is 4.79 Å². The fourth-order valence-corrected chi connectivity index (χ4v) is 4.71. The van der Waals surface area contributed by atoms with Crippen molar-refractivity contribution < 1.29 is 13.2 Å². The minimum Gasteiger partial charge on any atom is -0.339 e. The van der Waals surface area contributed by atoms with Crippen molar-refractivity contribution in [3.05, 3.63) is 42.4 Å². The molecular formula is C19H26N4O3S. The molecule has 27 heavy (non-hydrogen) atoms. The predicted molar refractivity (Wildman–Crippen MR) is 104 cm³/mol. The normalized spacial score (nSPS) is 18.6. The minimum atomic E-state index is -3.67. The van der Waals surface area contributed by atoms with Gasteiger partial charge < -0.3 is 9.88 Å². The lowest BCUT2D eigenvalue weighted by molar-refractivity contribution is -0.120.